The Balaban J connectivity index is 1.60. The molecule has 0 amide bonds. The molecule has 0 saturated carbocycles. The maximum Gasteiger partial charge on any atom is 0.224 e. The van der Waals surface area contributed by atoms with Crippen molar-refractivity contribution in [2.24, 2.45) is 10.7 Å². The lowest BCUT2D eigenvalue weighted by Crippen LogP contribution is -2.33. The van der Waals surface area contributed by atoms with E-state index in [0.29, 0.717) is 36.5 Å². The molecule has 6 nitrogen and oxygen atoms in total. The van der Waals surface area contributed by atoms with Crippen LogP contribution >= 0.6 is 0 Å². The Kier molecular flexibility index (Phi) is 8.09. The van der Waals surface area contributed by atoms with Crippen molar-refractivity contribution in [1.82, 2.24) is 10.3 Å². The van der Waals surface area contributed by atoms with Crippen molar-refractivity contribution in [3.63, 3.8) is 0 Å². The molecule has 6 heteroatoms. The Morgan fingerprint density at radius 2 is 1.77 bits per heavy atom. The highest BCUT2D eigenvalue weighted by Crippen LogP contribution is 2.32. The van der Waals surface area contributed by atoms with Crippen LogP contribution in [0.25, 0.3) is 0 Å². The molecular formula is C24H28N4O2. The lowest BCUT2D eigenvalue weighted by molar-refractivity contribution is 0.300. The van der Waals surface area contributed by atoms with Gasteiger partial charge in [-0.15, -0.1) is 0 Å². The fraction of sp³-hybridized carbons (Fsp3) is 0.250. The summed E-state index contributed by atoms with van der Waals surface area (Å²) in [6.45, 7) is 3.78. The van der Waals surface area contributed by atoms with Gasteiger partial charge in [0.25, 0.3) is 0 Å². The first-order valence-corrected chi connectivity index (χ1v) is 10.2. The second kappa shape index (κ2) is 11.5. The van der Waals surface area contributed by atoms with Crippen LogP contribution in [0.4, 0.5) is 0 Å². The number of hydrogen-bond donors (Lipinski definition) is 2. The van der Waals surface area contributed by atoms with Crippen LogP contribution in [-0.2, 0) is 13.0 Å². The molecule has 3 N–H and O–H groups in total. The normalized spacial score (nSPS) is 11.2. The highest BCUT2D eigenvalue weighted by molar-refractivity contribution is 5.77. The van der Waals surface area contributed by atoms with Gasteiger partial charge in [-0.2, -0.15) is 0 Å². The predicted molar refractivity (Wildman–Crippen MR) is 120 cm³/mol. The number of hydrogen-bond acceptors (Lipinski definition) is 4. The highest BCUT2D eigenvalue weighted by atomic mass is 16.5. The van der Waals surface area contributed by atoms with Crippen molar-refractivity contribution in [2.45, 2.75) is 26.3 Å². The van der Waals surface area contributed by atoms with Crippen LogP contribution in [0, 0.1) is 0 Å². The van der Waals surface area contributed by atoms with E-state index < -0.39 is 0 Å². The molecular weight excluding hydrogens is 376 g/mol. The van der Waals surface area contributed by atoms with Gasteiger partial charge in [-0.25, -0.2) is 9.98 Å². The molecule has 0 aliphatic rings. The van der Waals surface area contributed by atoms with Crippen molar-refractivity contribution in [3.05, 3.63) is 84.1 Å². The third-order valence-corrected chi connectivity index (χ3v) is 4.35. The number of para-hydroxylation sites is 2. The van der Waals surface area contributed by atoms with Gasteiger partial charge < -0.3 is 20.5 Å². The average Bonchev–Trinajstić information content (AvgIpc) is 2.78. The maximum absolute atomic E-state index is 6.04. The summed E-state index contributed by atoms with van der Waals surface area (Å²) >= 11 is 0. The third kappa shape index (κ3) is 6.51. The van der Waals surface area contributed by atoms with Gasteiger partial charge in [-0.1, -0.05) is 55.5 Å². The molecule has 0 unspecified atom stereocenters. The van der Waals surface area contributed by atoms with E-state index in [2.05, 4.69) is 34.3 Å². The molecule has 0 radical (unpaired) electrons. The van der Waals surface area contributed by atoms with Crippen LogP contribution in [0.5, 0.6) is 17.4 Å². The third-order valence-electron chi connectivity index (χ3n) is 4.35. The Morgan fingerprint density at radius 1 is 1.00 bits per heavy atom. The van der Waals surface area contributed by atoms with E-state index in [1.54, 1.807) is 6.20 Å². The van der Waals surface area contributed by atoms with Crippen LogP contribution in [0.2, 0.25) is 0 Å². The summed E-state index contributed by atoms with van der Waals surface area (Å²) in [6, 6.07) is 21.6. The zero-order chi connectivity index (χ0) is 21.0. The first-order valence-electron chi connectivity index (χ1n) is 10.2. The van der Waals surface area contributed by atoms with Gasteiger partial charge in [-0.05, 0) is 36.6 Å². The number of nitrogens with zero attached hydrogens (tertiary/aromatic N) is 2. The second-order valence-electron chi connectivity index (χ2n) is 6.73. The van der Waals surface area contributed by atoms with E-state index in [0.717, 1.165) is 24.9 Å². The molecule has 0 spiro atoms. The van der Waals surface area contributed by atoms with Gasteiger partial charge >= 0.3 is 0 Å². The highest BCUT2D eigenvalue weighted by Gasteiger charge is 2.10. The fourth-order valence-corrected chi connectivity index (χ4v) is 2.81. The standard InChI is InChI=1S/C24H28N4O2/c1-2-17-29-21-12-6-7-13-22(21)30-23-20(11-8-15-26-23)18-28-24(25)27-16-14-19-9-4-3-5-10-19/h3-13,15H,2,14,16-18H2,1H3,(H3,25,27,28). The van der Waals surface area contributed by atoms with E-state index in [1.807, 2.05) is 54.6 Å². The van der Waals surface area contributed by atoms with Gasteiger partial charge in [0.2, 0.25) is 5.88 Å². The summed E-state index contributed by atoms with van der Waals surface area (Å²) in [7, 11) is 0. The summed E-state index contributed by atoms with van der Waals surface area (Å²) in [6.07, 6.45) is 3.50. The lowest BCUT2D eigenvalue weighted by Gasteiger charge is -2.13. The first kappa shape index (κ1) is 21.2. The zero-order valence-electron chi connectivity index (χ0n) is 17.3. The van der Waals surface area contributed by atoms with Gasteiger partial charge in [0.1, 0.15) is 0 Å². The molecule has 0 aliphatic carbocycles. The Hall–Kier alpha value is -3.54. The van der Waals surface area contributed by atoms with Crippen LogP contribution in [0.15, 0.2) is 77.9 Å². The summed E-state index contributed by atoms with van der Waals surface area (Å²) in [4.78, 5) is 8.80. The number of benzene rings is 2. The minimum Gasteiger partial charge on any atom is -0.490 e. The number of nitrogens with one attached hydrogen (secondary N) is 1. The number of pyridine rings is 1. The Morgan fingerprint density at radius 3 is 2.57 bits per heavy atom. The minimum atomic E-state index is 0.366. The number of aliphatic imine (C=N–C) groups is 1. The molecule has 1 heterocycles. The smallest absolute Gasteiger partial charge is 0.224 e. The second-order valence-corrected chi connectivity index (χ2v) is 6.73. The fourth-order valence-electron chi connectivity index (χ4n) is 2.81. The van der Waals surface area contributed by atoms with E-state index in [-0.39, 0.29) is 0 Å². The number of ether oxygens (including phenoxy) is 2. The molecule has 0 fully saturated rings. The zero-order valence-corrected chi connectivity index (χ0v) is 17.3. The number of rotatable bonds is 10. The molecule has 0 saturated heterocycles. The predicted octanol–water partition coefficient (Wildman–Crippen LogP) is 4.31. The largest absolute Gasteiger partial charge is 0.490 e. The molecule has 2 aromatic carbocycles. The van der Waals surface area contributed by atoms with Crippen LogP contribution in [0.3, 0.4) is 0 Å². The Labute approximate surface area is 177 Å². The quantitative estimate of drug-likeness (QED) is 0.389. The van der Waals surface area contributed by atoms with Crippen LogP contribution in [-0.4, -0.2) is 24.1 Å². The van der Waals surface area contributed by atoms with Gasteiger partial charge in [0, 0.05) is 18.3 Å². The molecule has 0 bridgehead atoms. The summed E-state index contributed by atoms with van der Waals surface area (Å²) in [5.74, 6) is 2.21. The van der Waals surface area contributed by atoms with Crippen molar-refractivity contribution >= 4 is 5.96 Å². The average molecular weight is 405 g/mol. The van der Waals surface area contributed by atoms with Crippen LogP contribution < -0.4 is 20.5 Å². The van der Waals surface area contributed by atoms with Gasteiger partial charge in [-0.3, -0.25) is 0 Å². The van der Waals surface area contributed by atoms with Crippen molar-refractivity contribution < 1.29 is 9.47 Å². The number of nitrogens with two attached hydrogens (primary N) is 1. The maximum atomic E-state index is 6.04. The number of guanidine groups is 1. The monoisotopic (exact) mass is 404 g/mol. The van der Waals surface area contributed by atoms with Crippen molar-refractivity contribution in [2.75, 3.05) is 13.2 Å². The number of aromatic nitrogens is 1. The van der Waals surface area contributed by atoms with E-state index in [1.165, 1.54) is 5.56 Å². The minimum absolute atomic E-state index is 0.366. The molecule has 0 aliphatic heterocycles. The van der Waals surface area contributed by atoms with E-state index in [4.69, 9.17) is 15.2 Å². The summed E-state index contributed by atoms with van der Waals surface area (Å²) in [5.41, 5.74) is 8.12. The first-order chi connectivity index (χ1) is 14.8. The topological polar surface area (TPSA) is 81.8 Å². The Bertz CT molecular complexity index is 945. The van der Waals surface area contributed by atoms with E-state index >= 15 is 0 Å². The lowest BCUT2D eigenvalue weighted by atomic mass is 10.1. The van der Waals surface area contributed by atoms with Gasteiger partial charge in [0.05, 0.1) is 13.2 Å². The van der Waals surface area contributed by atoms with E-state index in [9.17, 15) is 0 Å². The summed E-state index contributed by atoms with van der Waals surface area (Å²) < 4.78 is 11.8. The molecule has 3 aromatic rings. The van der Waals surface area contributed by atoms with Crippen molar-refractivity contribution in [3.8, 4) is 17.4 Å². The molecule has 30 heavy (non-hydrogen) atoms. The van der Waals surface area contributed by atoms with Gasteiger partial charge in [0.15, 0.2) is 17.5 Å². The molecule has 3 rings (SSSR count). The summed E-state index contributed by atoms with van der Waals surface area (Å²) in [5, 5.41) is 3.15. The van der Waals surface area contributed by atoms with Crippen LogP contribution in [0.1, 0.15) is 24.5 Å². The molecule has 0 atom stereocenters. The van der Waals surface area contributed by atoms with Crippen molar-refractivity contribution in [1.29, 1.82) is 0 Å². The SMILES string of the molecule is CCCOc1ccccc1Oc1ncccc1CN=C(N)NCCc1ccccc1. The molecule has 156 valence electrons. The molecule has 1 aromatic heterocycles.